The number of nitrogens with one attached hydrogen (secondary N) is 1. The molecule has 6 nitrogen and oxygen atoms in total. The van der Waals surface area contributed by atoms with Gasteiger partial charge in [-0.3, -0.25) is 4.79 Å². The fraction of sp³-hybridized carbons (Fsp3) is 0.333. The van der Waals surface area contributed by atoms with Crippen LogP contribution in [0.1, 0.15) is 24.5 Å². The molecule has 1 heterocycles. The van der Waals surface area contributed by atoms with Gasteiger partial charge in [-0.15, -0.1) is 0 Å². The zero-order valence-electron chi connectivity index (χ0n) is 17.6. The number of rotatable bonds is 11. The summed E-state index contributed by atoms with van der Waals surface area (Å²) in [7, 11) is 1.68. The van der Waals surface area contributed by atoms with Gasteiger partial charge in [-0.2, -0.15) is 0 Å². The van der Waals surface area contributed by atoms with Gasteiger partial charge in [-0.25, -0.2) is 4.98 Å². The summed E-state index contributed by atoms with van der Waals surface area (Å²) in [6, 6.07) is 16.1. The van der Waals surface area contributed by atoms with Gasteiger partial charge in [0.2, 0.25) is 5.91 Å². The minimum Gasteiger partial charge on any atom is -0.497 e. The molecule has 3 aromatic rings. The molecule has 1 atom stereocenters. The van der Waals surface area contributed by atoms with E-state index in [1.807, 2.05) is 48.9 Å². The monoisotopic (exact) mass is 407 g/mol. The Balaban J connectivity index is 1.52. The molecule has 0 saturated carbocycles. The number of methoxy groups -OCH3 is 1. The fourth-order valence-electron chi connectivity index (χ4n) is 3.28. The van der Waals surface area contributed by atoms with Gasteiger partial charge in [-0.05, 0) is 54.7 Å². The number of carbonyl (C=O) groups is 1. The van der Waals surface area contributed by atoms with E-state index in [2.05, 4.69) is 27.0 Å². The van der Waals surface area contributed by atoms with E-state index in [0.717, 1.165) is 37.2 Å². The van der Waals surface area contributed by atoms with Crippen molar-refractivity contribution in [3.8, 4) is 5.75 Å². The second-order valence-electron chi connectivity index (χ2n) is 7.27. The maximum Gasteiger partial charge on any atom is 0.221 e. The number of aromatic nitrogens is 2. The van der Waals surface area contributed by atoms with Crippen molar-refractivity contribution in [2.24, 2.45) is 0 Å². The van der Waals surface area contributed by atoms with Crippen molar-refractivity contribution in [1.29, 1.82) is 0 Å². The first-order valence-electron chi connectivity index (χ1n) is 10.2. The number of hydrogen-bond donors (Lipinski definition) is 1. The maximum absolute atomic E-state index is 11.1. The largest absolute Gasteiger partial charge is 0.497 e. The van der Waals surface area contributed by atoms with Gasteiger partial charge in [0.1, 0.15) is 5.75 Å². The zero-order chi connectivity index (χ0) is 21.2. The molecule has 0 radical (unpaired) electrons. The lowest BCUT2D eigenvalue weighted by atomic mass is 10.1. The van der Waals surface area contributed by atoms with Gasteiger partial charge < -0.3 is 19.4 Å². The highest BCUT2D eigenvalue weighted by atomic mass is 16.5. The highest BCUT2D eigenvalue weighted by Crippen LogP contribution is 2.16. The van der Waals surface area contributed by atoms with E-state index in [1.165, 1.54) is 18.1 Å². The molecule has 6 heteroatoms. The third kappa shape index (κ3) is 7.04. The van der Waals surface area contributed by atoms with E-state index in [1.54, 1.807) is 13.3 Å². The van der Waals surface area contributed by atoms with Crippen LogP contribution in [0.3, 0.4) is 0 Å². The normalized spacial score (nSPS) is 11.8. The summed E-state index contributed by atoms with van der Waals surface area (Å²) in [5.74, 6) is 0.805. The molecule has 3 rings (SSSR count). The Morgan fingerprint density at radius 3 is 2.40 bits per heavy atom. The van der Waals surface area contributed by atoms with Crippen LogP contribution in [0.5, 0.6) is 5.75 Å². The lowest BCUT2D eigenvalue weighted by molar-refractivity contribution is -0.114. The summed E-state index contributed by atoms with van der Waals surface area (Å²) in [6.07, 6.45) is 8.36. The van der Waals surface area contributed by atoms with Crippen LogP contribution in [-0.2, 0) is 28.9 Å². The molecule has 0 saturated heterocycles. The summed E-state index contributed by atoms with van der Waals surface area (Å²) in [5, 5.41) is 2.78. The van der Waals surface area contributed by atoms with Crippen LogP contribution in [-0.4, -0.2) is 35.3 Å². The average Bonchev–Trinajstić information content (AvgIpc) is 3.26. The molecular formula is C24H29N3O3. The minimum absolute atomic E-state index is 0.0645. The van der Waals surface area contributed by atoms with Crippen molar-refractivity contribution >= 4 is 11.6 Å². The van der Waals surface area contributed by atoms with Gasteiger partial charge in [0.15, 0.2) is 0 Å². The van der Waals surface area contributed by atoms with E-state index in [4.69, 9.17) is 9.47 Å². The predicted octanol–water partition coefficient (Wildman–Crippen LogP) is 4.11. The van der Waals surface area contributed by atoms with Crippen LogP contribution >= 0.6 is 0 Å². The van der Waals surface area contributed by atoms with Crippen LogP contribution in [0.15, 0.2) is 67.3 Å². The summed E-state index contributed by atoms with van der Waals surface area (Å²) >= 11 is 0. The van der Waals surface area contributed by atoms with E-state index >= 15 is 0 Å². The molecule has 158 valence electrons. The van der Waals surface area contributed by atoms with Crippen LogP contribution in [0.25, 0.3) is 0 Å². The zero-order valence-corrected chi connectivity index (χ0v) is 17.6. The Bertz CT molecular complexity index is 890. The molecule has 1 N–H and O–H groups in total. The highest BCUT2D eigenvalue weighted by molar-refractivity contribution is 5.88. The van der Waals surface area contributed by atoms with E-state index < -0.39 is 0 Å². The fourth-order valence-corrected chi connectivity index (χ4v) is 3.28. The first-order chi connectivity index (χ1) is 14.6. The number of hydrogen-bond acceptors (Lipinski definition) is 4. The number of aryl methyl sites for hydroxylation is 1. The Hall–Kier alpha value is -3.12. The quantitative estimate of drug-likeness (QED) is 0.519. The Morgan fingerprint density at radius 1 is 1.07 bits per heavy atom. The number of anilines is 1. The summed E-state index contributed by atoms with van der Waals surface area (Å²) < 4.78 is 13.5. The molecule has 0 aliphatic rings. The predicted molar refractivity (Wildman–Crippen MR) is 118 cm³/mol. The van der Waals surface area contributed by atoms with Crippen LogP contribution in [0, 0.1) is 0 Å². The lowest BCUT2D eigenvalue weighted by Gasteiger charge is -2.19. The molecular weight excluding hydrogens is 378 g/mol. The highest BCUT2D eigenvalue weighted by Gasteiger charge is 2.11. The Labute approximate surface area is 177 Å². The van der Waals surface area contributed by atoms with E-state index in [0.29, 0.717) is 6.61 Å². The van der Waals surface area contributed by atoms with Gasteiger partial charge in [-0.1, -0.05) is 24.3 Å². The minimum atomic E-state index is -0.0645. The third-order valence-corrected chi connectivity index (χ3v) is 4.91. The van der Waals surface area contributed by atoms with Crippen molar-refractivity contribution in [2.45, 2.75) is 38.8 Å². The summed E-state index contributed by atoms with van der Waals surface area (Å²) in [4.78, 5) is 15.3. The maximum atomic E-state index is 11.1. The van der Waals surface area contributed by atoms with E-state index in [9.17, 15) is 4.79 Å². The molecule has 1 aromatic heterocycles. The van der Waals surface area contributed by atoms with Crippen LogP contribution in [0.4, 0.5) is 5.69 Å². The van der Waals surface area contributed by atoms with Crippen molar-refractivity contribution in [3.63, 3.8) is 0 Å². The molecule has 0 bridgehead atoms. The SMILES string of the molecule is COc1ccc(CCC(Cn2ccnc2)OCCc2ccc(NC(C)=O)cc2)cc1. The molecule has 0 aliphatic heterocycles. The molecule has 2 aromatic carbocycles. The second-order valence-corrected chi connectivity index (χ2v) is 7.27. The second kappa shape index (κ2) is 11.2. The topological polar surface area (TPSA) is 65.4 Å². The Morgan fingerprint density at radius 2 is 1.77 bits per heavy atom. The molecule has 1 amide bonds. The number of benzene rings is 2. The summed E-state index contributed by atoms with van der Waals surface area (Å²) in [5.41, 5.74) is 3.26. The van der Waals surface area contributed by atoms with Crippen molar-refractivity contribution in [3.05, 3.63) is 78.4 Å². The van der Waals surface area contributed by atoms with Gasteiger partial charge in [0.05, 0.1) is 26.1 Å². The number of amides is 1. The summed E-state index contributed by atoms with van der Waals surface area (Å²) in [6.45, 7) is 2.92. The standard InChI is InChI=1S/C24H29N3O3/c1-19(28)26-22-8-3-21(4-9-22)13-16-30-24(17-27-15-14-25-18-27)12-7-20-5-10-23(29-2)11-6-20/h3-6,8-11,14-15,18,24H,7,12-13,16-17H2,1-2H3,(H,26,28). The third-order valence-electron chi connectivity index (χ3n) is 4.91. The first kappa shape index (κ1) is 21.6. The first-order valence-corrected chi connectivity index (χ1v) is 10.2. The van der Waals surface area contributed by atoms with Gasteiger partial charge >= 0.3 is 0 Å². The number of nitrogens with zero attached hydrogens (tertiary/aromatic N) is 2. The molecule has 0 aliphatic carbocycles. The molecule has 0 spiro atoms. The number of carbonyl (C=O) groups excluding carboxylic acids is 1. The average molecular weight is 408 g/mol. The van der Waals surface area contributed by atoms with Crippen molar-refractivity contribution in [2.75, 3.05) is 19.0 Å². The number of imidazole rings is 1. The van der Waals surface area contributed by atoms with Gasteiger partial charge in [0, 0.05) is 31.5 Å². The van der Waals surface area contributed by atoms with Crippen LogP contribution in [0.2, 0.25) is 0 Å². The lowest BCUT2D eigenvalue weighted by Crippen LogP contribution is -2.21. The molecule has 0 fully saturated rings. The van der Waals surface area contributed by atoms with Crippen molar-refractivity contribution < 1.29 is 14.3 Å². The molecule has 30 heavy (non-hydrogen) atoms. The molecule has 1 unspecified atom stereocenters. The van der Waals surface area contributed by atoms with E-state index in [-0.39, 0.29) is 12.0 Å². The van der Waals surface area contributed by atoms with Crippen LogP contribution < -0.4 is 10.1 Å². The Kier molecular flexibility index (Phi) is 8.03. The smallest absolute Gasteiger partial charge is 0.221 e. The van der Waals surface area contributed by atoms with Gasteiger partial charge in [0.25, 0.3) is 0 Å². The van der Waals surface area contributed by atoms with Crippen molar-refractivity contribution in [1.82, 2.24) is 9.55 Å². The number of ether oxygens (including phenoxy) is 2.